The predicted molar refractivity (Wildman–Crippen MR) is 90.8 cm³/mol. The standard InChI is InChI=1S/C19H13NO5/c1-8-6-10-14(12(7-8)25-2)15-16(20-19(10)24)18(23)13-9(17(15)22)4-3-5-11(13)21/h3-7,21H,1-2H3,(H,20,24). The molecule has 1 aliphatic carbocycles. The van der Waals surface area contributed by atoms with Gasteiger partial charge in [0.25, 0.3) is 5.56 Å². The molecule has 4 rings (SSSR count). The first kappa shape index (κ1) is 15.1. The summed E-state index contributed by atoms with van der Waals surface area (Å²) >= 11 is 0. The monoisotopic (exact) mass is 335 g/mol. The van der Waals surface area contributed by atoms with Gasteiger partial charge in [-0.15, -0.1) is 0 Å². The number of nitrogens with one attached hydrogen (secondary N) is 1. The van der Waals surface area contributed by atoms with E-state index in [0.29, 0.717) is 11.1 Å². The summed E-state index contributed by atoms with van der Waals surface area (Å²) in [5, 5.41) is 10.6. The SMILES string of the molecule is COc1cc(C)cc2c(=O)[nH]c3c(c12)C(=O)c1cccc(O)c1C3=O. The maximum atomic E-state index is 13.0. The Morgan fingerprint density at radius 1 is 1.04 bits per heavy atom. The molecule has 1 aliphatic rings. The molecule has 0 spiro atoms. The third-order valence-electron chi connectivity index (χ3n) is 4.42. The first-order valence-corrected chi connectivity index (χ1v) is 7.60. The van der Waals surface area contributed by atoms with E-state index in [4.69, 9.17) is 4.74 Å². The van der Waals surface area contributed by atoms with Crippen molar-refractivity contribution >= 4 is 22.3 Å². The zero-order valence-electron chi connectivity index (χ0n) is 13.5. The number of fused-ring (bicyclic) bond motifs is 4. The first-order chi connectivity index (χ1) is 11.9. The number of aromatic hydroxyl groups is 1. The van der Waals surface area contributed by atoms with Crippen LogP contribution in [-0.2, 0) is 0 Å². The van der Waals surface area contributed by atoms with Crippen molar-refractivity contribution < 1.29 is 19.4 Å². The third-order valence-corrected chi connectivity index (χ3v) is 4.42. The second-order valence-electron chi connectivity index (χ2n) is 5.95. The Morgan fingerprint density at radius 3 is 2.52 bits per heavy atom. The molecule has 0 aliphatic heterocycles. The maximum Gasteiger partial charge on any atom is 0.256 e. The van der Waals surface area contributed by atoms with Gasteiger partial charge in [-0.25, -0.2) is 0 Å². The summed E-state index contributed by atoms with van der Waals surface area (Å²) in [7, 11) is 1.44. The van der Waals surface area contributed by atoms with E-state index in [1.165, 1.54) is 25.3 Å². The smallest absolute Gasteiger partial charge is 0.256 e. The number of rotatable bonds is 1. The Hall–Kier alpha value is -3.41. The summed E-state index contributed by atoms with van der Waals surface area (Å²) in [6.45, 7) is 1.81. The third kappa shape index (κ3) is 1.94. The summed E-state index contributed by atoms with van der Waals surface area (Å²) < 4.78 is 5.36. The molecule has 0 atom stereocenters. The number of carbonyl (C=O) groups is 2. The van der Waals surface area contributed by atoms with E-state index >= 15 is 0 Å². The van der Waals surface area contributed by atoms with Crippen molar-refractivity contribution in [1.29, 1.82) is 0 Å². The number of aromatic amines is 1. The first-order valence-electron chi connectivity index (χ1n) is 7.60. The largest absolute Gasteiger partial charge is 0.507 e. The van der Waals surface area contributed by atoms with E-state index in [1.54, 1.807) is 19.1 Å². The van der Waals surface area contributed by atoms with Crippen molar-refractivity contribution in [2.45, 2.75) is 6.92 Å². The van der Waals surface area contributed by atoms with E-state index in [-0.39, 0.29) is 33.5 Å². The number of hydrogen-bond donors (Lipinski definition) is 2. The summed E-state index contributed by atoms with van der Waals surface area (Å²) in [4.78, 5) is 40.8. The maximum absolute atomic E-state index is 13.0. The summed E-state index contributed by atoms with van der Waals surface area (Å²) in [6.07, 6.45) is 0. The molecule has 1 heterocycles. The number of pyridine rings is 1. The number of aryl methyl sites for hydroxylation is 1. The topological polar surface area (TPSA) is 96.5 Å². The molecule has 6 nitrogen and oxygen atoms in total. The number of aromatic nitrogens is 1. The van der Waals surface area contributed by atoms with Crippen molar-refractivity contribution in [2.24, 2.45) is 0 Å². The Kier molecular flexibility index (Phi) is 3.05. The van der Waals surface area contributed by atoms with Crippen LogP contribution in [0.3, 0.4) is 0 Å². The fraction of sp³-hybridized carbons (Fsp3) is 0.105. The van der Waals surface area contributed by atoms with Gasteiger partial charge in [-0.2, -0.15) is 0 Å². The van der Waals surface area contributed by atoms with Crippen LogP contribution in [0.2, 0.25) is 0 Å². The number of carbonyl (C=O) groups excluding carboxylic acids is 2. The number of phenols is 1. The molecule has 0 bridgehead atoms. The number of benzene rings is 2. The molecule has 0 radical (unpaired) electrons. The summed E-state index contributed by atoms with van der Waals surface area (Å²) in [5.74, 6) is -0.978. The molecule has 0 amide bonds. The van der Waals surface area contributed by atoms with Crippen molar-refractivity contribution in [3.05, 3.63) is 68.6 Å². The van der Waals surface area contributed by atoms with E-state index in [1.807, 2.05) is 0 Å². The number of hydrogen-bond acceptors (Lipinski definition) is 5. The number of phenolic OH excluding ortho intramolecular Hbond substituents is 1. The second kappa shape index (κ2) is 5.04. The lowest BCUT2D eigenvalue weighted by atomic mass is 9.84. The van der Waals surface area contributed by atoms with Crippen molar-refractivity contribution in [2.75, 3.05) is 7.11 Å². The van der Waals surface area contributed by atoms with Gasteiger partial charge in [-0.05, 0) is 30.7 Å². The lowest BCUT2D eigenvalue weighted by molar-refractivity contribution is 0.0974. The van der Waals surface area contributed by atoms with Gasteiger partial charge in [0.1, 0.15) is 17.2 Å². The lowest BCUT2D eigenvalue weighted by Gasteiger charge is -2.20. The Labute approximate surface area is 141 Å². The molecule has 25 heavy (non-hydrogen) atoms. The molecule has 124 valence electrons. The van der Waals surface area contributed by atoms with Gasteiger partial charge in [0, 0.05) is 10.9 Å². The van der Waals surface area contributed by atoms with Crippen LogP contribution >= 0.6 is 0 Å². The van der Waals surface area contributed by atoms with Gasteiger partial charge in [0.2, 0.25) is 5.78 Å². The van der Waals surface area contributed by atoms with Crippen molar-refractivity contribution in [1.82, 2.24) is 4.98 Å². The predicted octanol–water partition coefficient (Wildman–Crippen LogP) is 2.33. The van der Waals surface area contributed by atoms with Gasteiger partial charge in [0.05, 0.1) is 23.6 Å². The number of ether oxygens (including phenoxy) is 1. The number of H-pyrrole nitrogens is 1. The minimum Gasteiger partial charge on any atom is -0.507 e. The normalized spacial score (nSPS) is 12.9. The molecule has 6 heteroatoms. The highest BCUT2D eigenvalue weighted by atomic mass is 16.5. The molecular formula is C19H13NO5. The second-order valence-corrected chi connectivity index (χ2v) is 5.95. The van der Waals surface area contributed by atoms with Crippen LogP contribution in [0, 0.1) is 6.92 Å². The average Bonchev–Trinajstić information content (AvgIpc) is 2.59. The van der Waals surface area contributed by atoms with Crippen LogP contribution in [0.15, 0.2) is 35.1 Å². The van der Waals surface area contributed by atoms with Crippen molar-refractivity contribution in [3.63, 3.8) is 0 Å². The molecule has 0 saturated heterocycles. The zero-order chi connectivity index (χ0) is 17.9. The molecule has 0 saturated carbocycles. The lowest BCUT2D eigenvalue weighted by Crippen LogP contribution is -2.27. The number of ketones is 2. The van der Waals surface area contributed by atoms with Crippen LogP contribution in [0.25, 0.3) is 10.8 Å². The molecule has 2 N–H and O–H groups in total. The highest BCUT2D eigenvalue weighted by Gasteiger charge is 2.35. The van der Waals surface area contributed by atoms with Crippen LogP contribution in [0.5, 0.6) is 11.5 Å². The van der Waals surface area contributed by atoms with E-state index in [2.05, 4.69) is 4.98 Å². The van der Waals surface area contributed by atoms with E-state index in [9.17, 15) is 19.5 Å². The van der Waals surface area contributed by atoms with Crippen LogP contribution in [0.1, 0.15) is 37.5 Å². The fourth-order valence-electron chi connectivity index (χ4n) is 3.34. The zero-order valence-corrected chi connectivity index (χ0v) is 13.5. The quantitative estimate of drug-likeness (QED) is 0.556. The molecule has 3 aromatic rings. The Balaban J connectivity index is 2.21. The van der Waals surface area contributed by atoms with E-state index in [0.717, 1.165) is 5.56 Å². The van der Waals surface area contributed by atoms with Gasteiger partial charge in [-0.1, -0.05) is 12.1 Å². The van der Waals surface area contributed by atoms with Crippen LogP contribution in [-0.4, -0.2) is 28.8 Å². The number of methoxy groups -OCH3 is 1. The minimum absolute atomic E-state index is 0.0922. The molecule has 0 unspecified atom stereocenters. The van der Waals surface area contributed by atoms with Crippen LogP contribution in [0.4, 0.5) is 0 Å². The molecule has 1 aromatic heterocycles. The van der Waals surface area contributed by atoms with Crippen LogP contribution < -0.4 is 10.3 Å². The van der Waals surface area contributed by atoms with Gasteiger partial charge >= 0.3 is 0 Å². The van der Waals surface area contributed by atoms with Gasteiger partial charge in [-0.3, -0.25) is 14.4 Å². The summed E-state index contributed by atoms with van der Waals surface area (Å²) in [6, 6.07) is 7.66. The molecular weight excluding hydrogens is 322 g/mol. The minimum atomic E-state index is -0.593. The van der Waals surface area contributed by atoms with Gasteiger partial charge in [0.15, 0.2) is 5.78 Å². The molecule has 2 aromatic carbocycles. The highest BCUT2D eigenvalue weighted by Crippen LogP contribution is 2.37. The van der Waals surface area contributed by atoms with E-state index < -0.39 is 17.1 Å². The fourth-order valence-corrected chi connectivity index (χ4v) is 3.34. The van der Waals surface area contributed by atoms with Crippen molar-refractivity contribution in [3.8, 4) is 11.5 Å². The average molecular weight is 335 g/mol. The Morgan fingerprint density at radius 2 is 1.80 bits per heavy atom. The Bertz CT molecular complexity index is 1160. The summed E-state index contributed by atoms with van der Waals surface area (Å²) in [5.41, 5.74) is 0.279. The van der Waals surface area contributed by atoms with Gasteiger partial charge < -0.3 is 14.8 Å². The highest BCUT2D eigenvalue weighted by molar-refractivity contribution is 6.32. The molecule has 0 fully saturated rings.